The number of rotatable bonds is 8. The maximum Gasteiger partial charge on any atom is 0.226 e. The van der Waals surface area contributed by atoms with Gasteiger partial charge in [-0.3, -0.25) is 4.79 Å². The Labute approximate surface area is 122 Å². The molecule has 0 spiro atoms. The van der Waals surface area contributed by atoms with Crippen molar-refractivity contribution in [3.05, 3.63) is 29.8 Å². The summed E-state index contributed by atoms with van der Waals surface area (Å²) >= 11 is 0. The number of nitrogens with zero attached hydrogens (tertiary/aromatic N) is 1. The van der Waals surface area contributed by atoms with Gasteiger partial charge in [0.15, 0.2) is 0 Å². The second-order valence-electron chi connectivity index (χ2n) is 5.17. The summed E-state index contributed by atoms with van der Waals surface area (Å²) in [4.78, 5) is 13.9. The molecule has 0 fully saturated rings. The fraction of sp³-hybridized carbons (Fsp3) is 0.562. The maximum absolute atomic E-state index is 12.0. The zero-order valence-electron chi connectivity index (χ0n) is 13.0. The molecule has 1 amide bonds. The van der Waals surface area contributed by atoms with Crippen molar-refractivity contribution < 1.29 is 9.53 Å². The van der Waals surface area contributed by atoms with Crippen LogP contribution in [-0.4, -0.2) is 45.1 Å². The van der Waals surface area contributed by atoms with E-state index in [1.165, 1.54) is 5.56 Å². The van der Waals surface area contributed by atoms with E-state index in [4.69, 9.17) is 4.74 Å². The molecule has 1 N–H and O–H groups in total. The third-order valence-electron chi connectivity index (χ3n) is 3.43. The number of amides is 1. The van der Waals surface area contributed by atoms with Crippen LogP contribution in [-0.2, 0) is 11.2 Å². The van der Waals surface area contributed by atoms with Crippen molar-refractivity contribution in [2.24, 2.45) is 5.92 Å². The third kappa shape index (κ3) is 5.21. The lowest BCUT2D eigenvalue weighted by Crippen LogP contribution is -2.36. The van der Waals surface area contributed by atoms with Crippen molar-refractivity contribution in [3.8, 4) is 5.75 Å². The lowest BCUT2D eigenvalue weighted by atomic mass is 10.1. The van der Waals surface area contributed by atoms with Crippen molar-refractivity contribution in [3.63, 3.8) is 0 Å². The molecule has 0 saturated heterocycles. The van der Waals surface area contributed by atoms with E-state index in [9.17, 15) is 4.79 Å². The molecule has 1 aromatic rings. The van der Waals surface area contributed by atoms with Crippen LogP contribution in [0, 0.1) is 5.92 Å². The molecule has 112 valence electrons. The number of nitrogens with one attached hydrogen (secondary N) is 1. The molecule has 0 aliphatic heterocycles. The number of hydrogen-bond acceptors (Lipinski definition) is 3. The number of ether oxygens (including phenoxy) is 1. The third-order valence-corrected chi connectivity index (χ3v) is 3.43. The predicted molar refractivity (Wildman–Crippen MR) is 82.0 cm³/mol. The molecule has 0 heterocycles. The molecule has 1 rings (SSSR count). The van der Waals surface area contributed by atoms with Crippen LogP contribution in [0.5, 0.6) is 5.75 Å². The summed E-state index contributed by atoms with van der Waals surface area (Å²) in [6.45, 7) is 3.47. The Hall–Kier alpha value is -1.55. The van der Waals surface area contributed by atoms with Gasteiger partial charge in [-0.2, -0.15) is 0 Å². The number of hydrogen-bond donors (Lipinski definition) is 1. The molecule has 4 heteroatoms. The zero-order valence-corrected chi connectivity index (χ0v) is 13.0. The highest BCUT2D eigenvalue weighted by molar-refractivity contribution is 5.78. The van der Waals surface area contributed by atoms with Crippen LogP contribution >= 0.6 is 0 Å². The van der Waals surface area contributed by atoms with Gasteiger partial charge in [0.2, 0.25) is 5.91 Å². The van der Waals surface area contributed by atoms with E-state index < -0.39 is 0 Å². The fourth-order valence-corrected chi connectivity index (χ4v) is 2.19. The normalized spacial score (nSPS) is 12.0. The van der Waals surface area contributed by atoms with Crippen molar-refractivity contribution in [2.75, 3.05) is 34.3 Å². The minimum absolute atomic E-state index is 0.0333. The van der Waals surface area contributed by atoms with Crippen LogP contribution in [0.4, 0.5) is 0 Å². The fourth-order valence-electron chi connectivity index (χ4n) is 2.19. The zero-order chi connectivity index (χ0) is 15.0. The van der Waals surface area contributed by atoms with Gasteiger partial charge in [0.25, 0.3) is 0 Å². The summed E-state index contributed by atoms with van der Waals surface area (Å²) in [5.41, 5.74) is 1.27. The molecular weight excluding hydrogens is 252 g/mol. The van der Waals surface area contributed by atoms with Gasteiger partial charge in [-0.25, -0.2) is 0 Å². The van der Waals surface area contributed by atoms with E-state index in [0.717, 1.165) is 31.7 Å². The predicted octanol–water partition coefficient (Wildman–Crippen LogP) is 1.94. The molecule has 1 aromatic carbocycles. The van der Waals surface area contributed by atoms with E-state index in [-0.39, 0.29) is 11.8 Å². The summed E-state index contributed by atoms with van der Waals surface area (Å²) in [5, 5.41) is 3.04. The largest absolute Gasteiger partial charge is 0.497 e. The molecular formula is C16H26N2O2. The highest BCUT2D eigenvalue weighted by Crippen LogP contribution is 2.12. The highest BCUT2D eigenvalue weighted by atomic mass is 16.5. The van der Waals surface area contributed by atoms with Crippen molar-refractivity contribution in [1.82, 2.24) is 10.2 Å². The summed E-state index contributed by atoms with van der Waals surface area (Å²) in [6, 6.07) is 8.09. The number of methoxy groups -OCH3 is 1. The Kier molecular flexibility index (Phi) is 7.09. The number of carbonyl (C=O) groups excluding carboxylic acids is 1. The smallest absolute Gasteiger partial charge is 0.226 e. The second-order valence-corrected chi connectivity index (χ2v) is 5.17. The lowest BCUT2D eigenvalue weighted by Gasteiger charge is -2.21. The minimum Gasteiger partial charge on any atom is -0.497 e. The highest BCUT2D eigenvalue weighted by Gasteiger charge is 2.15. The maximum atomic E-state index is 12.0. The molecule has 0 aliphatic rings. The van der Waals surface area contributed by atoms with Gasteiger partial charge < -0.3 is 15.0 Å². The van der Waals surface area contributed by atoms with Crippen LogP contribution in [0.25, 0.3) is 0 Å². The average molecular weight is 278 g/mol. The SMILES string of the molecule is CNCC(C)C(=O)N(C)CCCc1ccc(OC)cc1. The first-order valence-electron chi connectivity index (χ1n) is 7.11. The van der Waals surface area contributed by atoms with Gasteiger partial charge in [-0.1, -0.05) is 19.1 Å². The van der Waals surface area contributed by atoms with Crippen molar-refractivity contribution in [2.45, 2.75) is 19.8 Å². The Morgan fingerprint density at radius 2 is 2.00 bits per heavy atom. The first-order chi connectivity index (χ1) is 9.58. The van der Waals surface area contributed by atoms with Gasteiger partial charge in [-0.15, -0.1) is 0 Å². The van der Waals surface area contributed by atoms with Gasteiger partial charge in [0.05, 0.1) is 7.11 Å². The Morgan fingerprint density at radius 1 is 1.35 bits per heavy atom. The minimum atomic E-state index is 0.0333. The molecule has 1 unspecified atom stereocenters. The summed E-state index contributed by atoms with van der Waals surface area (Å²) < 4.78 is 5.13. The van der Waals surface area contributed by atoms with Crippen LogP contribution < -0.4 is 10.1 Å². The van der Waals surface area contributed by atoms with E-state index in [1.54, 1.807) is 7.11 Å². The van der Waals surface area contributed by atoms with Gasteiger partial charge in [0.1, 0.15) is 5.75 Å². The first kappa shape index (κ1) is 16.5. The van der Waals surface area contributed by atoms with Gasteiger partial charge >= 0.3 is 0 Å². The van der Waals surface area contributed by atoms with Gasteiger partial charge in [0, 0.05) is 26.1 Å². The molecule has 1 atom stereocenters. The monoisotopic (exact) mass is 278 g/mol. The quantitative estimate of drug-likeness (QED) is 0.790. The van der Waals surface area contributed by atoms with Crippen molar-refractivity contribution in [1.29, 1.82) is 0 Å². The molecule has 4 nitrogen and oxygen atoms in total. The van der Waals surface area contributed by atoms with E-state index in [2.05, 4.69) is 17.4 Å². The summed E-state index contributed by atoms with van der Waals surface area (Å²) in [6.07, 6.45) is 1.95. The number of aryl methyl sites for hydroxylation is 1. The van der Waals surface area contributed by atoms with E-state index in [1.807, 2.05) is 38.1 Å². The lowest BCUT2D eigenvalue weighted by molar-refractivity contribution is -0.133. The Bertz CT molecular complexity index is 403. The standard InChI is InChI=1S/C16H26N2O2/c1-13(12-17-2)16(19)18(3)11-5-6-14-7-9-15(20-4)10-8-14/h7-10,13,17H,5-6,11-12H2,1-4H3. The molecule has 0 saturated carbocycles. The van der Waals surface area contributed by atoms with Crippen LogP contribution in [0.3, 0.4) is 0 Å². The second kappa shape index (κ2) is 8.59. The van der Waals surface area contributed by atoms with E-state index >= 15 is 0 Å². The first-order valence-corrected chi connectivity index (χ1v) is 7.11. The topological polar surface area (TPSA) is 41.6 Å². The average Bonchev–Trinajstić information content (AvgIpc) is 2.47. The molecule has 0 radical (unpaired) electrons. The van der Waals surface area contributed by atoms with Crippen LogP contribution in [0.15, 0.2) is 24.3 Å². The van der Waals surface area contributed by atoms with Gasteiger partial charge in [-0.05, 0) is 37.6 Å². The molecule has 0 aromatic heterocycles. The molecule has 20 heavy (non-hydrogen) atoms. The van der Waals surface area contributed by atoms with Crippen molar-refractivity contribution >= 4 is 5.91 Å². The number of benzene rings is 1. The number of carbonyl (C=O) groups is 1. The summed E-state index contributed by atoms with van der Waals surface area (Å²) in [7, 11) is 5.41. The Morgan fingerprint density at radius 3 is 2.55 bits per heavy atom. The summed E-state index contributed by atoms with van der Waals surface area (Å²) in [5.74, 6) is 1.11. The van der Waals surface area contributed by atoms with Crippen LogP contribution in [0.2, 0.25) is 0 Å². The Balaban J connectivity index is 2.33. The molecule has 0 bridgehead atoms. The molecule has 0 aliphatic carbocycles. The van der Waals surface area contributed by atoms with E-state index in [0.29, 0.717) is 0 Å². The van der Waals surface area contributed by atoms with Crippen LogP contribution in [0.1, 0.15) is 18.9 Å².